The lowest BCUT2D eigenvalue weighted by Crippen LogP contribution is -2.36. The second-order valence-corrected chi connectivity index (χ2v) is 11.5. The van der Waals surface area contributed by atoms with Crippen LogP contribution in [0.15, 0.2) is 40.9 Å². The molecule has 1 saturated heterocycles. The van der Waals surface area contributed by atoms with Crippen molar-refractivity contribution >= 4 is 5.97 Å². The molecule has 0 N–H and O–H groups in total. The second kappa shape index (κ2) is 9.80. The summed E-state index contributed by atoms with van der Waals surface area (Å²) in [7, 11) is 0. The lowest BCUT2D eigenvalue weighted by Gasteiger charge is -2.27. The molecule has 2 aliphatic carbocycles. The van der Waals surface area contributed by atoms with Crippen LogP contribution in [0.2, 0.25) is 0 Å². The summed E-state index contributed by atoms with van der Waals surface area (Å²) in [5.74, 6) is 1.46. The van der Waals surface area contributed by atoms with Gasteiger partial charge < -0.3 is 18.9 Å². The zero-order valence-corrected chi connectivity index (χ0v) is 22.8. The van der Waals surface area contributed by atoms with Gasteiger partial charge >= 0.3 is 5.97 Å². The molecule has 39 heavy (non-hydrogen) atoms. The van der Waals surface area contributed by atoms with Gasteiger partial charge in [0.1, 0.15) is 11.8 Å². The topological polar surface area (TPSA) is 101 Å². The number of rotatable bonds is 8. The standard InChI is InChI=1S/C31H34N4O4/c1-4-37-29(36)31(12-13-31)19-35-15-14-30(18-35)11-10-23-24(6-5-7-25(23)30)27-33-28(39-34-27)21-8-9-26(38-20(2)3)22(16-21)17-32/h5-9,16,20H,4,10-15,18-19H2,1-3H3. The molecule has 8 heteroatoms. The van der Waals surface area contributed by atoms with Crippen LogP contribution in [0.25, 0.3) is 22.8 Å². The molecule has 0 radical (unpaired) electrons. The summed E-state index contributed by atoms with van der Waals surface area (Å²) in [6.45, 7) is 8.92. The van der Waals surface area contributed by atoms with E-state index in [0.29, 0.717) is 35.2 Å². The predicted molar refractivity (Wildman–Crippen MR) is 145 cm³/mol. The molecule has 0 amide bonds. The number of carbonyl (C=O) groups is 1. The van der Waals surface area contributed by atoms with Gasteiger partial charge in [0.2, 0.25) is 5.82 Å². The average Bonchev–Trinajstić information content (AvgIpc) is 3.25. The van der Waals surface area contributed by atoms with Crippen molar-refractivity contribution in [1.29, 1.82) is 5.26 Å². The fourth-order valence-corrected chi connectivity index (χ4v) is 6.43. The maximum Gasteiger partial charge on any atom is 0.313 e. The first kappa shape index (κ1) is 25.6. The Balaban J connectivity index is 1.23. The molecule has 1 aliphatic heterocycles. The van der Waals surface area contributed by atoms with Crippen LogP contribution >= 0.6 is 0 Å². The monoisotopic (exact) mass is 526 g/mol. The summed E-state index contributed by atoms with van der Waals surface area (Å²) in [5, 5.41) is 13.9. The summed E-state index contributed by atoms with van der Waals surface area (Å²) >= 11 is 0. The fourth-order valence-electron chi connectivity index (χ4n) is 6.43. The fraction of sp³-hybridized carbons (Fsp3) is 0.484. The van der Waals surface area contributed by atoms with Crippen molar-refractivity contribution in [2.45, 2.75) is 64.4 Å². The highest BCUT2D eigenvalue weighted by atomic mass is 16.5. The van der Waals surface area contributed by atoms with E-state index in [2.05, 4.69) is 34.3 Å². The largest absolute Gasteiger partial charge is 0.490 e. The van der Waals surface area contributed by atoms with Gasteiger partial charge in [-0.15, -0.1) is 0 Å². The highest BCUT2D eigenvalue weighted by molar-refractivity contribution is 5.80. The molecule has 6 rings (SSSR count). The van der Waals surface area contributed by atoms with E-state index in [9.17, 15) is 10.1 Å². The Morgan fingerprint density at radius 3 is 2.79 bits per heavy atom. The number of hydrogen-bond acceptors (Lipinski definition) is 8. The van der Waals surface area contributed by atoms with E-state index in [4.69, 9.17) is 19.0 Å². The van der Waals surface area contributed by atoms with E-state index in [0.717, 1.165) is 57.3 Å². The Bertz CT molecular complexity index is 1450. The minimum atomic E-state index is -0.295. The van der Waals surface area contributed by atoms with Crippen molar-refractivity contribution in [2.75, 3.05) is 26.2 Å². The van der Waals surface area contributed by atoms with Crippen LogP contribution < -0.4 is 4.74 Å². The van der Waals surface area contributed by atoms with Gasteiger partial charge in [-0.1, -0.05) is 23.4 Å². The van der Waals surface area contributed by atoms with Gasteiger partial charge in [-0.05, 0) is 88.7 Å². The lowest BCUT2D eigenvalue weighted by molar-refractivity contribution is -0.150. The molecule has 1 saturated carbocycles. The highest BCUT2D eigenvalue weighted by Gasteiger charge is 2.54. The minimum Gasteiger partial charge on any atom is -0.490 e. The van der Waals surface area contributed by atoms with Gasteiger partial charge in [0.15, 0.2) is 0 Å². The van der Waals surface area contributed by atoms with Gasteiger partial charge in [0.05, 0.1) is 23.7 Å². The molecule has 8 nitrogen and oxygen atoms in total. The number of nitriles is 1. The molecular weight excluding hydrogens is 492 g/mol. The van der Waals surface area contributed by atoms with E-state index in [1.807, 2.05) is 26.8 Å². The van der Waals surface area contributed by atoms with Gasteiger partial charge in [0, 0.05) is 29.6 Å². The van der Waals surface area contributed by atoms with E-state index in [1.54, 1.807) is 12.1 Å². The van der Waals surface area contributed by atoms with Gasteiger partial charge in [-0.3, -0.25) is 4.79 Å². The van der Waals surface area contributed by atoms with Gasteiger partial charge in [0.25, 0.3) is 5.89 Å². The van der Waals surface area contributed by atoms with Crippen molar-refractivity contribution in [2.24, 2.45) is 5.41 Å². The summed E-state index contributed by atoms with van der Waals surface area (Å²) in [6.07, 6.45) is 4.96. The Labute approximate surface area is 228 Å². The first-order valence-electron chi connectivity index (χ1n) is 13.9. The van der Waals surface area contributed by atoms with E-state index >= 15 is 0 Å². The number of hydrogen-bond donors (Lipinski definition) is 0. The molecule has 3 aromatic rings. The third-order valence-electron chi connectivity index (χ3n) is 8.50. The summed E-state index contributed by atoms with van der Waals surface area (Å²) in [6, 6.07) is 14.0. The summed E-state index contributed by atoms with van der Waals surface area (Å²) in [5.41, 5.74) is 4.59. The Morgan fingerprint density at radius 1 is 1.21 bits per heavy atom. The molecule has 2 heterocycles. The third kappa shape index (κ3) is 4.59. The Hall–Kier alpha value is -3.70. The molecule has 2 aromatic carbocycles. The first-order valence-corrected chi connectivity index (χ1v) is 13.9. The van der Waals surface area contributed by atoms with Crippen molar-refractivity contribution in [3.05, 3.63) is 53.1 Å². The average molecular weight is 527 g/mol. The highest BCUT2D eigenvalue weighted by Crippen LogP contribution is 2.52. The molecule has 0 bridgehead atoms. The SMILES string of the molecule is CCOC(=O)C1(CN2CCC3(CCc4c(-c5noc(-c6ccc(OC(C)C)c(C#N)c6)n5)cccc43)C2)CC1. The number of nitrogens with zero attached hydrogens (tertiary/aromatic N) is 4. The molecule has 202 valence electrons. The maximum absolute atomic E-state index is 12.5. The second-order valence-electron chi connectivity index (χ2n) is 11.5. The summed E-state index contributed by atoms with van der Waals surface area (Å²) < 4.78 is 16.8. The molecule has 1 spiro atoms. The molecular formula is C31H34N4O4. The van der Waals surface area contributed by atoms with Crippen LogP contribution in [0.4, 0.5) is 0 Å². The van der Waals surface area contributed by atoms with Crippen molar-refractivity contribution < 1.29 is 18.8 Å². The van der Waals surface area contributed by atoms with E-state index in [1.165, 1.54) is 11.1 Å². The zero-order chi connectivity index (χ0) is 27.2. The van der Waals surface area contributed by atoms with Crippen molar-refractivity contribution in [1.82, 2.24) is 15.0 Å². The molecule has 1 aromatic heterocycles. The normalized spacial score (nSPS) is 21.2. The Morgan fingerprint density at radius 2 is 2.05 bits per heavy atom. The van der Waals surface area contributed by atoms with E-state index in [-0.39, 0.29) is 22.9 Å². The van der Waals surface area contributed by atoms with Crippen LogP contribution in [0.5, 0.6) is 5.75 Å². The number of aromatic nitrogens is 2. The number of ether oxygens (including phenoxy) is 2. The van der Waals surface area contributed by atoms with Crippen LogP contribution in [0.1, 0.15) is 63.1 Å². The molecule has 1 unspecified atom stereocenters. The van der Waals surface area contributed by atoms with Crippen LogP contribution in [0.3, 0.4) is 0 Å². The maximum atomic E-state index is 12.5. The van der Waals surface area contributed by atoms with Gasteiger partial charge in [-0.25, -0.2) is 0 Å². The number of likely N-dealkylation sites (tertiary alicyclic amines) is 1. The number of fused-ring (bicyclic) bond motifs is 2. The Kier molecular flexibility index (Phi) is 6.43. The van der Waals surface area contributed by atoms with Crippen molar-refractivity contribution in [3.63, 3.8) is 0 Å². The lowest BCUT2D eigenvalue weighted by atomic mass is 9.81. The first-order chi connectivity index (χ1) is 18.9. The van der Waals surface area contributed by atoms with Gasteiger partial charge in [-0.2, -0.15) is 10.2 Å². The molecule has 3 aliphatic rings. The quantitative estimate of drug-likeness (QED) is 0.365. The van der Waals surface area contributed by atoms with Crippen molar-refractivity contribution in [3.8, 4) is 34.7 Å². The van der Waals surface area contributed by atoms with E-state index < -0.39 is 0 Å². The summed E-state index contributed by atoms with van der Waals surface area (Å²) in [4.78, 5) is 19.7. The predicted octanol–water partition coefficient (Wildman–Crippen LogP) is 5.30. The number of esters is 1. The smallest absolute Gasteiger partial charge is 0.313 e. The zero-order valence-electron chi connectivity index (χ0n) is 22.8. The number of carbonyl (C=O) groups excluding carboxylic acids is 1. The molecule has 2 fully saturated rings. The minimum absolute atomic E-state index is 0.0271. The number of benzene rings is 2. The van der Waals surface area contributed by atoms with Crippen LogP contribution in [0, 0.1) is 16.7 Å². The third-order valence-corrected chi connectivity index (χ3v) is 8.50. The van der Waals surface area contributed by atoms with Crippen LogP contribution in [-0.4, -0.2) is 53.4 Å². The van der Waals surface area contributed by atoms with Crippen LogP contribution in [-0.2, 0) is 21.4 Å². The molecule has 1 atom stereocenters.